The molecular weight excluding hydrogens is 389 g/mol. The van der Waals surface area contributed by atoms with E-state index in [4.69, 9.17) is 4.74 Å². The van der Waals surface area contributed by atoms with Crippen LogP contribution in [0.3, 0.4) is 0 Å². The second-order valence-electron chi connectivity index (χ2n) is 5.89. The third kappa shape index (κ3) is 4.17. The Bertz CT molecular complexity index is 1070. The van der Waals surface area contributed by atoms with Crippen LogP contribution in [0.2, 0.25) is 0 Å². The number of nitrogens with zero attached hydrogens (tertiary/aromatic N) is 1. The van der Waals surface area contributed by atoms with E-state index in [1.54, 1.807) is 24.3 Å². The van der Waals surface area contributed by atoms with Crippen LogP contribution >= 0.6 is 0 Å². The molecule has 8 nitrogen and oxygen atoms in total. The molecule has 0 aliphatic carbocycles. The SMILES string of the molecule is C[C@@H](N=C1NS(=O)(=O)c2ccccc21)C(=O)OCC(=O)Nc1ccccc1F. The number of rotatable bonds is 5. The molecule has 146 valence electrons. The highest BCUT2D eigenvalue weighted by Gasteiger charge is 2.31. The van der Waals surface area contributed by atoms with Crippen molar-refractivity contribution in [3.8, 4) is 0 Å². The maximum Gasteiger partial charge on any atom is 0.331 e. The first-order valence-electron chi connectivity index (χ1n) is 8.19. The van der Waals surface area contributed by atoms with Crippen LogP contribution in [0.25, 0.3) is 0 Å². The summed E-state index contributed by atoms with van der Waals surface area (Å²) in [4.78, 5) is 28.0. The van der Waals surface area contributed by atoms with Gasteiger partial charge in [-0.3, -0.25) is 14.5 Å². The van der Waals surface area contributed by atoms with E-state index in [1.807, 2.05) is 0 Å². The Labute approximate surface area is 160 Å². The lowest BCUT2D eigenvalue weighted by molar-refractivity contribution is -0.148. The zero-order valence-corrected chi connectivity index (χ0v) is 15.5. The summed E-state index contributed by atoms with van der Waals surface area (Å²) in [5.41, 5.74) is 0.313. The molecule has 1 aliphatic rings. The molecule has 1 heterocycles. The van der Waals surface area contributed by atoms with E-state index in [1.165, 1.54) is 31.2 Å². The summed E-state index contributed by atoms with van der Waals surface area (Å²) in [6.45, 7) is 0.768. The molecule has 0 fully saturated rings. The average Bonchev–Trinajstić information content (AvgIpc) is 2.92. The fraction of sp³-hybridized carbons (Fsp3) is 0.167. The second-order valence-corrected chi connectivity index (χ2v) is 7.54. The molecule has 2 aromatic rings. The van der Waals surface area contributed by atoms with Crippen molar-refractivity contribution in [2.45, 2.75) is 17.9 Å². The molecule has 0 radical (unpaired) electrons. The molecule has 2 N–H and O–H groups in total. The van der Waals surface area contributed by atoms with Gasteiger partial charge in [0.05, 0.1) is 10.6 Å². The fourth-order valence-corrected chi connectivity index (χ4v) is 3.72. The number of sulfonamides is 1. The first-order valence-corrected chi connectivity index (χ1v) is 9.67. The van der Waals surface area contributed by atoms with Crippen LogP contribution < -0.4 is 10.0 Å². The van der Waals surface area contributed by atoms with Crippen LogP contribution in [0.4, 0.5) is 10.1 Å². The predicted molar refractivity (Wildman–Crippen MR) is 98.8 cm³/mol. The van der Waals surface area contributed by atoms with Gasteiger partial charge in [0.2, 0.25) is 0 Å². The summed E-state index contributed by atoms with van der Waals surface area (Å²) in [5.74, 6) is -2.14. The van der Waals surface area contributed by atoms with Gasteiger partial charge >= 0.3 is 5.97 Å². The zero-order valence-electron chi connectivity index (χ0n) is 14.7. The summed E-state index contributed by atoms with van der Waals surface area (Å²) in [7, 11) is -3.72. The number of carbonyl (C=O) groups excluding carboxylic acids is 2. The van der Waals surface area contributed by atoms with Gasteiger partial charge in [-0.2, -0.15) is 0 Å². The highest BCUT2D eigenvalue weighted by Crippen LogP contribution is 2.22. The largest absolute Gasteiger partial charge is 0.454 e. The molecule has 0 unspecified atom stereocenters. The summed E-state index contributed by atoms with van der Waals surface area (Å²) >= 11 is 0. The number of halogens is 1. The molecule has 1 atom stereocenters. The second kappa shape index (κ2) is 7.77. The third-order valence-corrected chi connectivity index (χ3v) is 5.22. The molecule has 0 saturated carbocycles. The smallest absolute Gasteiger partial charge is 0.331 e. The lowest BCUT2D eigenvalue weighted by Gasteiger charge is -2.10. The number of nitrogens with one attached hydrogen (secondary N) is 2. The number of benzene rings is 2. The van der Waals surface area contributed by atoms with Gasteiger partial charge in [0.15, 0.2) is 6.61 Å². The maximum absolute atomic E-state index is 13.5. The van der Waals surface area contributed by atoms with Crippen molar-refractivity contribution < 1.29 is 27.1 Å². The van der Waals surface area contributed by atoms with Crippen molar-refractivity contribution in [2.75, 3.05) is 11.9 Å². The molecule has 10 heteroatoms. The Kier molecular flexibility index (Phi) is 5.41. The highest BCUT2D eigenvalue weighted by atomic mass is 32.2. The molecule has 28 heavy (non-hydrogen) atoms. The minimum atomic E-state index is -3.72. The summed E-state index contributed by atoms with van der Waals surface area (Å²) in [6.07, 6.45) is 0. The van der Waals surface area contributed by atoms with E-state index in [9.17, 15) is 22.4 Å². The topological polar surface area (TPSA) is 114 Å². The van der Waals surface area contributed by atoms with Crippen LogP contribution in [-0.4, -0.2) is 38.8 Å². The molecule has 1 aliphatic heterocycles. The number of aliphatic imine (C=N–C) groups is 1. The lowest BCUT2D eigenvalue weighted by atomic mass is 10.2. The van der Waals surface area contributed by atoms with Gasteiger partial charge in [0.1, 0.15) is 17.7 Å². The summed E-state index contributed by atoms with van der Waals surface area (Å²) in [5, 5.41) is 2.28. The first kappa shape index (κ1) is 19.5. The van der Waals surface area contributed by atoms with Crippen LogP contribution in [0, 0.1) is 5.82 Å². The van der Waals surface area contributed by atoms with Gasteiger partial charge in [-0.25, -0.2) is 17.6 Å². The molecule has 0 saturated heterocycles. The monoisotopic (exact) mass is 405 g/mol. The Morgan fingerprint density at radius 3 is 2.61 bits per heavy atom. The zero-order chi connectivity index (χ0) is 20.3. The van der Waals surface area contributed by atoms with Gasteiger partial charge in [0.25, 0.3) is 15.9 Å². The van der Waals surface area contributed by atoms with Gasteiger partial charge in [-0.15, -0.1) is 0 Å². The number of fused-ring (bicyclic) bond motifs is 1. The number of amides is 1. The number of anilines is 1. The number of amidine groups is 1. The number of ether oxygens (including phenoxy) is 1. The van der Waals surface area contributed by atoms with Crippen molar-refractivity contribution in [1.82, 2.24) is 4.72 Å². The van der Waals surface area contributed by atoms with Crippen molar-refractivity contribution in [3.63, 3.8) is 0 Å². The predicted octanol–water partition coefficient (Wildman–Crippen LogP) is 1.43. The van der Waals surface area contributed by atoms with Crippen LogP contribution in [0.15, 0.2) is 58.4 Å². The van der Waals surface area contributed by atoms with Crippen molar-refractivity contribution in [2.24, 2.45) is 4.99 Å². The molecular formula is C18H16FN3O5S. The standard InChI is InChI=1S/C18H16FN3O5S/c1-11(20-17-12-6-2-5-9-15(12)28(25,26)22-17)18(24)27-10-16(23)21-14-8-4-3-7-13(14)19/h2-9,11H,10H2,1H3,(H,20,22)(H,21,23)/t11-/m1/s1. The van der Waals surface area contributed by atoms with E-state index in [2.05, 4.69) is 15.0 Å². The molecule has 0 spiro atoms. The van der Waals surface area contributed by atoms with Crippen molar-refractivity contribution in [3.05, 3.63) is 59.9 Å². The van der Waals surface area contributed by atoms with E-state index in [0.717, 1.165) is 0 Å². The number of carbonyl (C=O) groups is 2. The molecule has 0 aromatic heterocycles. The minimum absolute atomic E-state index is 0.0239. The van der Waals surface area contributed by atoms with Crippen molar-refractivity contribution in [1.29, 1.82) is 0 Å². The lowest BCUT2D eigenvalue weighted by Crippen LogP contribution is -2.29. The maximum atomic E-state index is 13.5. The first-order chi connectivity index (χ1) is 13.3. The quantitative estimate of drug-likeness (QED) is 0.731. The van der Waals surface area contributed by atoms with Crippen LogP contribution in [-0.2, 0) is 24.3 Å². The summed E-state index contributed by atoms with van der Waals surface area (Å²) in [6, 6.07) is 10.7. The Hall–Kier alpha value is -3.27. The average molecular weight is 405 g/mol. The Balaban J connectivity index is 1.62. The normalized spacial score (nSPS) is 16.7. The summed E-state index contributed by atoms with van der Waals surface area (Å²) < 4.78 is 44.7. The molecule has 2 aromatic carbocycles. The number of esters is 1. The van der Waals surface area contributed by atoms with E-state index in [-0.39, 0.29) is 16.4 Å². The minimum Gasteiger partial charge on any atom is -0.454 e. The number of para-hydroxylation sites is 1. The van der Waals surface area contributed by atoms with Gasteiger partial charge in [-0.05, 0) is 31.2 Å². The van der Waals surface area contributed by atoms with Crippen LogP contribution in [0.5, 0.6) is 0 Å². The van der Waals surface area contributed by atoms with Gasteiger partial charge < -0.3 is 10.1 Å². The Morgan fingerprint density at radius 1 is 1.18 bits per heavy atom. The van der Waals surface area contributed by atoms with Crippen molar-refractivity contribution >= 4 is 33.4 Å². The molecule has 1 amide bonds. The van der Waals surface area contributed by atoms with E-state index < -0.39 is 40.4 Å². The van der Waals surface area contributed by atoms with E-state index in [0.29, 0.717) is 5.56 Å². The number of hydrogen-bond donors (Lipinski definition) is 2. The van der Waals surface area contributed by atoms with E-state index >= 15 is 0 Å². The molecule has 0 bridgehead atoms. The number of hydrogen-bond acceptors (Lipinski definition) is 6. The molecule has 3 rings (SSSR count). The van der Waals surface area contributed by atoms with Gasteiger partial charge in [-0.1, -0.05) is 24.3 Å². The Morgan fingerprint density at radius 2 is 1.86 bits per heavy atom. The fourth-order valence-electron chi connectivity index (χ4n) is 2.48. The van der Waals surface area contributed by atoms with Crippen LogP contribution in [0.1, 0.15) is 12.5 Å². The van der Waals surface area contributed by atoms with Gasteiger partial charge in [0, 0.05) is 5.56 Å². The highest BCUT2D eigenvalue weighted by molar-refractivity contribution is 7.90. The third-order valence-electron chi connectivity index (χ3n) is 3.82.